The predicted molar refractivity (Wildman–Crippen MR) is 76.4 cm³/mol. The zero-order chi connectivity index (χ0) is 15.9. The average Bonchev–Trinajstić information content (AvgIpc) is 2.48. The third kappa shape index (κ3) is 3.72. The maximum absolute atomic E-state index is 12.5. The van der Waals surface area contributed by atoms with E-state index < -0.39 is 28.9 Å². The highest BCUT2D eigenvalue weighted by molar-refractivity contribution is 5.92. The van der Waals surface area contributed by atoms with E-state index in [2.05, 4.69) is 0 Å². The van der Waals surface area contributed by atoms with Crippen LogP contribution in [0.1, 0.15) is 55.4 Å². The Kier molecular flexibility index (Phi) is 4.26. The standard InChI is InChI=1S/C15H27NO4/c1-13(2,3)11(17)10-9-19-15(7,8)16(10)12(18)20-14(4,5)6/h10H,9H2,1-8H3/t10-/m1/s1. The van der Waals surface area contributed by atoms with Crippen LogP contribution >= 0.6 is 0 Å². The van der Waals surface area contributed by atoms with Crippen molar-refractivity contribution in [1.82, 2.24) is 4.90 Å². The smallest absolute Gasteiger partial charge is 0.413 e. The third-order valence-electron chi connectivity index (χ3n) is 3.12. The molecule has 5 heteroatoms. The van der Waals surface area contributed by atoms with Crippen molar-refractivity contribution >= 4 is 11.9 Å². The molecule has 116 valence electrons. The second kappa shape index (κ2) is 5.02. The quantitative estimate of drug-likeness (QED) is 0.743. The Morgan fingerprint density at radius 2 is 1.65 bits per heavy atom. The molecule has 1 aliphatic rings. The van der Waals surface area contributed by atoms with Crippen LogP contribution in [-0.2, 0) is 14.3 Å². The number of ether oxygens (including phenoxy) is 2. The fourth-order valence-corrected chi connectivity index (χ4v) is 2.15. The Morgan fingerprint density at radius 3 is 2.05 bits per heavy atom. The van der Waals surface area contributed by atoms with Gasteiger partial charge in [0.25, 0.3) is 0 Å². The summed E-state index contributed by atoms with van der Waals surface area (Å²) in [6.45, 7) is 14.7. The molecule has 1 aliphatic heterocycles. The highest BCUT2D eigenvalue weighted by Crippen LogP contribution is 2.33. The Hall–Kier alpha value is -1.10. The Balaban J connectivity index is 3.03. The van der Waals surface area contributed by atoms with Gasteiger partial charge in [-0.15, -0.1) is 0 Å². The zero-order valence-electron chi connectivity index (χ0n) is 13.9. The van der Waals surface area contributed by atoms with Gasteiger partial charge in [0.15, 0.2) is 5.78 Å². The van der Waals surface area contributed by atoms with Crippen molar-refractivity contribution < 1.29 is 19.1 Å². The zero-order valence-corrected chi connectivity index (χ0v) is 13.9. The molecule has 5 nitrogen and oxygen atoms in total. The SMILES string of the molecule is CC(C)(C)OC(=O)N1[C@@H](C(=O)C(C)(C)C)COC1(C)C. The molecule has 20 heavy (non-hydrogen) atoms. The highest BCUT2D eigenvalue weighted by Gasteiger charge is 2.50. The number of rotatable bonds is 1. The summed E-state index contributed by atoms with van der Waals surface area (Å²) in [6.07, 6.45) is -0.511. The fraction of sp³-hybridized carbons (Fsp3) is 0.867. The summed E-state index contributed by atoms with van der Waals surface area (Å²) in [4.78, 5) is 26.3. The lowest BCUT2D eigenvalue weighted by Gasteiger charge is -2.36. The molecule has 1 saturated heterocycles. The monoisotopic (exact) mass is 285 g/mol. The summed E-state index contributed by atoms with van der Waals surface area (Å²) in [5, 5.41) is 0. The van der Waals surface area contributed by atoms with Gasteiger partial charge in [0.1, 0.15) is 17.4 Å². The number of amides is 1. The van der Waals surface area contributed by atoms with E-state index in [9.17, 15) is 9.59 Å². The van der Waals surface area contributed by atoms with Crippen LogP contribution in [0.2, 0.25) is 0 Å². The van der Waals surface area contributed by atoms with Crippen molar-refractivity contribution in [3.63, 3.8) is 0 Å². The first-order valence-electron chi connectivity index (χ1n) is 6.96. The fourth-order valence-electron chi connectivity index (χ4n) is 2.15. The first-order chi connectivity index (χ1) is 8.76. The van der Waals surface area contributed by atoms with Crippen LogP contribution in [0.5, 0.6) is 0 Å². The van der Waals surface area contributed by atoms with Gasteiger partial charge in [0.2, 0.25) is 0 Å². The molecule has 0 aliphatic carbocycles. The highest BCUT2D eigenvalue weighted by atomic mass is 16.6. The molecule has 0 aromatic carbocycles. The van der Waals surface area contributed by atoms with Crippen LogP contribution in [0.3, 0.4) is 0 Å². The molecule has 1 amide bonds. The molecule has 0 bridgehead atoms. The van der Waals surface area contributed by atoms with Gasteiger partial charge in [-0.2, -0.15) is 0 Å². The van der Waals surface area contributed by atoms with E-state index in [1.54, 1.807) is 34.6 Å². The van der Waals surface area contributed by atoms with E-state index in [0.717, 1.165) is 0 Å². The molecule has 0 aromatic heterocycles. The van der Waals surface area contributed by atoms with E-state index in [4.69, 9.17) is 9.47 Å². The van der Waals surface area contributed by atoms with Crippen LogP contribution in [0.15, 0.2) is 0 Å². The molecular weight excluding hydrogens is 258 g/mol. The van der Waals surface area contributed by atoms with Gasteiger partial charge in [-0.1, -0.05) is 20.8 Å². The van der Waals surface area contributed by atoms with E-state index in [0.29, 0.717) is 0 Å². The lowest BCUT2D eigenvalue weighted by atomic mass is 9.86. The van der Waals surface area contributed by atoms with Crippen LogP contribution in [0.25, 0.3) is 0 Å². The van der Waals surface area contributed by atoms with Gasteiger partial charge < -0.3 is 9.47 Å². The van der Waals surface area contributed by atoms with Crippen LogP contribution < -0.4 is 0 Å². The van der Waals surface area contributed by atoms with E-state index in [1.165, 1.54) is 4.90 Å². The van der Waals surface area contributed by atoms with Crippen molar-refractivity contribution in [3.05, 3.63) is 0 Å². The van der Waals surface area contributed by atoms with Crippen molar-refractivity contribution in [1.29, 1.82) is 0 Å². The largest absolute Gasteiger partial charge is 0.444 e. The minimum Gasteiger partial charge on any atom is -0.444 e. The minimum atomic E-state index is -0.839. The second-order valence-corrected chi connectivity index (χ2v) is 7.74. The number of hydrogen-bond donors (Lipinski definition) is 0. The van der Waals surface area contributed by atoms with Gasteiger partial charge in [0.05, 0.1) is 6.61 Å². The molecule has 0 spiro atoms. The Labute approximate surface area is 121 Å². The molecule has 1 fully saturated rings. The first-order valence-corrected chi connectivity index (χ1v) is 6.96. The average molecular weight is 285 g/mol. The number of carbonyl (C=O) groups excluding carboxylic acids is 2. The summed E-state index contributed by atoms with van der Waals surface area (Å²) in [6, 6.07) is -0.597. The van der Waals surface area contributed by atoms with Gasteiger partial charge in [0, 0.05) is 5.41 Å². The van der Waals surface area contributed by atoms with E-state index in [1.807, 2.05) is 20.8 Å². The maximum Gasteiger partial charge on any atom is 0.413 e. The number of hydrogen-bond acceptors (Lipinski definition) is 4. The topological polar surface area (TPSA) is 55.8 Å². The summed E-state index contributed by atoms with van der Waals surface area (Å²) < 4.78 is 11.0. The molecule has 1 heterocycles. The van der Waals surface area contributed by atoms with E-state index in [-0.39, 0.29) is 12.4 Å². The molecule has 1 atom stereocenters. The van der Waals surface area contributed by atoms with Crippen molar-refractivity contribution in [2.45, 2.75) is 72.8 Å². The van der Waals surface area contributed by atoms with E-state index >= 15 is 0 Å². The molecule has 1 rings (SSSR count). The van der Waals surface area contributed by atoms with Gasteiger partial charge in [-0.05, 0) is 34.6 Å². The summed E-state index contributed by atoms with van der Waals surface area (Å²) in [5.41, 5.74) is -1.98. The molecule has 0 N–H and O–H groups in total. The summed E-state index contributed by atoms with van der Waals surface area (Å²) >= 11 is 0. The normalized spacial score (nSPS) is 22.8. The number of ketones is 1. The number of Topliss-reactive ketones (excluding diaryl/α,β-unsaturated/α-hetero) is 1. The van der Waals surface area contributed by atoms with Crippen LogP contribution in [0, 0.1) is 5.41 Å². The molecule has 0 aromatic rings. The van der Waals surface area contributed by atoms with Gasteiger partial charge in [-0.25, -0.2) is 4.79 Å². The third-order valence-corrected chi connectivity index (χ3v) is 3.12. The van der Waals surface area contributed by atoms with Gasteiger partial charge in [-0.3, -0.25) is 9.69 Å². The Bertz CT molecular complexity index is 401. The van der Waals surface area contributed by atoms with Crippen molar-refractivity contribution in [2.75, 3.05) is 6.61 Å². The molecule has 0 saturated carbocycles. The summed E-state index contributed by atoms with van der Waals surface area (Å²) in [5.74, 6) is -0.0195. The van der Waals surface area contributed by atoms with Crippen molar-refractivity contribution in [3.8, 4) is 0 Å². The maximum atomic E-state index is 12.5. The first kappa shape index (κ1) is 17.0. The Morgan fingerprint density at radius 1 is 1.15 bits per heavy atom. The molecular formula is C15H27NO4. The van der Waals surface area contributed by atoms with Gasteiger partial charge >= 0.3 is 6.09 Å². The number of carbonyl (C=O) groups is 2. The molecule has 0 radical (unpaired) electrons. The minimum absolute atomic E-state index is 0.0195. The second-order valence-electron chi connectivity index (χ2n) is 7.74. The van der Waals surface area contributed by atoms with Crippen LogP contribution in [0.4, 0.5) is 4.79 Å². The summed E-state index contributed by atoms with van der Waals surface area (Å²) in [7, 11) is 0. The lowest BCUT2D eigenvalue weighted by Crippen LogP contribution is -2.54. The number of nitrogens with zero attached hydrogens (tertiary/aromatic N) is 1. The molecule has 0 unspecified atom stereocenters. The van der Waals surface area contributed by atoms with Crippen LogP contribution in [-0.4, -0.2) is 40.8 Å². The van der Waals surface area contributed by atoms with Crippen molar-refractivity contribution in [2.24, 2.45) is 5.41 Å². The lowest BCUT2D eigenvalue weighted by molar-refractivity contribution is -0.132. The predicted octanol–water partition coefficient (Wildman–Crippen LogP) is 2.97.